The highest BCUT2D eigenvalue weighted by Crippen LogP contribution is 2.36. The van der Waals surface area contributed by atoms with Gasteiger partial charge in [-0.15, -0.1) is 0 Å². The number of anilines is 4. The minimum atomic E-state index is -0.861. The van der Waals surface area contributed by atoms with E-state index in [9.17, 15) is 23.2 Å². The van der Waals surface area contributed by atoms with E-state index in [0.717, 1.165) is 11.3 Å². The fourth-order valence-corrected chi connectivity index (χ4v) is 4.58. The monoisotopic (exact) mass is 551 g/mol. The zero-order valence-corrected chi connectivity index (χ0v) is 21.4. The number of ether oxygens (including phenoxy) is 1. The van der Waals surface area contributed by atoms with Gasteiger partial charge in [0, 0.05) is 16.9 Å². The maximum Gasteiger partial charge on any atom is 0.262 e. The van der Waals surface area contributed by atoms with Crippen molar-refractivity contribution in [2.45, 2.75) is 13.0 Å². The van der Waals surface area contributed by atoms with E-state index in [2.05, 4.69) is 10.3 Å². The van der Waals surface area contributed by atoms with E-state index in [1.54, 1.807) is 6.92 Å². The Hall–Kier alpha value is -4.84. The molecule has 0 unspecified atom stereocenters. The van der Waals surface area contributed by atoms with Gasteiger partial charge in [-0.1, -0.05) is 11.3 Å². The minimum absolute atomic E-state index is 0.0402. The molecule has 200 valence electrons. The maximum absolute atomic E-state index is 13.5. The summed E-state index contributed by atoms with van der Waals surface area (Å²) in [5, 5.41) is 2.82. The van der Waals surface area contributed by atoms with Gasteiger partial charge in [-0.05, 0) is 79.7 Å². The van der Waals surface area contributed by atoms with Crippen LogP contribution in [0.1, 0.15) is 22.2 Å². The van der Waals surface area contributed by atoms with Gasteiger partial charge in [0.15, 0.2) is 11.7 Å². The van der Waals surface area contributed by atoms with E-state index >= 15 is 0 Å². The number of carbonyl (C=O) groups excluding carboxylic acids is 3. The van der Waals surface area contributed by atoms with Crippen LogP contribution >= 0.6 is 11.3 Å². The fourth-order valence-electron chi connectivity index (χ4n) is 3.53. The number of benzene rings is 3. The second-order valence-corrected chi connectivity index (χ2v) is 9.31. The van der Waals surface area contributed by atoms with Crippen LogP contribution in [0.3, 0.4) is 0 Å². The van der Waals surface area contributed by atoms with Crippen LogP contribution in [0.4, 0.5) is 31.1 Å². The number of hydrogen-bond acceptors (Lipinski definition) is 8. The number of aromatic nitrogens is 1. The average Bonchev–Trinajstić information content (AvgIpc) is 3.30. The van der Waals surface area contributed by atoms with E-state index in [1.807, 2.05) is 0 Å². The number of carbonyl (C=O) groups is 3. The molecule has 0 bridgehead atoms. The van der Waals surface area contributed by atoms with E-state index in [1.165, 1.54) is 77.7 Å². The van der Waals surface area contributed by atoms with Crippen molar-refractivity contribution in [3.63, 3.8) is 0 Å². The molecule has 12 heteroatoms. The van der Waals surface area contributed by atoms with Crippen molar-refractivity contribution in [2.24, 2.45) is 5.73 Å². The molecule has 9 nitrogen and oxygen atoms in total. The quantitative estimate of drug-likeness (QED) is 0.250. The van der Waals surface area contributed by atoms with Crippen molar-refractivity contribution in [1.82, 2.24) is 4.98 Å². The highest BCUT2D eigenvalue weighted by atomic mass is 32.1. The Morgan fingerprint density at radius 3 is 2.15 bits per heavy atom. The Labute approximate surface area is 226 Å². The van der Waals surface area contributed by atoms with Crippen LogP contribution in [0.2, 0.25) is 0 Å². The number of nitrogens with one attached hydrogen (secondary N) is 1. The van der Waals surface area contributed by atoms with Crippen molar-refractivity contribution in [3.8, 4) is 5.75 Å². The van der Waals surface area contributed by atoms with Crippen LogP contribution < -0.4 is 26.4 Å². The molecule has 4 aromatic rings. The smallest absolute Gasteiger partial charge is 0.262 e. The number of nitrogens with two attached hydrogens (primary N) is 2. The molecule has 39 heavy (non-hydrogen) atoms. The summed E-state index contributed by atoms with van der Waals surface area (Å²) in [7, 11) is 0. The van der Waals surface area contributed by atoms with Gasteiger partial charge in [0.05, 0.1) is 0 Å². The Morgan fingerprint density at radius 2 is 1.56 bits per heavy atom. The van der Waals surface area contributed by atoms with E-state index in [4.69, 9.17) is 16.2 Å². The largest absolute Gasteiger partial charge is 0.484 e. The highest BCUT2D eigenvalue weighted by molar-refractivity contribution is 7.18. The lowest BCUT2D eigenvalue weighted by Crippen LogP contribution is -2.39. The molecule has 1 heterocycles. The predicted octanol–water partition coefficient (Wildman–Crippen LogP) is 4.26. The Kier molecular flexibility index (Phi) is 8.15. The number of nitrogens with zero attached hydrogens (tertiary/aromatic N) is 2. The van der Waals surface area contributed by atoms with Gasteiger partial charge in [-0.25, -0.2) is 13.8 Å². The summed E-state index contributed by atoms with van der Waals surface area (Å²) in [6, 6.07) is 15.9. The summed E-state index contributed by atoms with van der Waals surface area (Å²) in [5.74, 6) is -2.08. The summed E-state index contributed by atoms with van der Waals surface area (Å²) < 4.78 is 31.9. The van der Waals surface area contributed by atoms with Gasteiger partial charge in [0.1, 0.15) is 34.1 Å². The third-order valence-electron chi connectivity index (χ3n) is 5.57. The number of hydrogen-bond donors (Lipinski definition) is 3. The van der Waals surface area contributed by atoms with Gasteiger partial charge < -0.3 is 26.4 Å². The lowest BCUT2D eigenvalue weighted by atomic mass is 10.1. The molecule has 5 N–H and O–H groups in total. The van der Waals surface area contributed by atoms with Gasteiger partial charge in [0.25, 0.3) is 5.91 Å². The molecular formula is C27H23F2N5O4S. The van der Waals surface area contributed by atoms with E-state index < -0.39 is 35.3 Å². The normalized spacial score (nSPS) is 11.5. The SMILES string of the molecule is C[C@H](C(N)=O)N(c1ccc(F)cc1)c1nc(N)c(C(=O)c2ccc(OCC(=O)Nc3ccc(F)cc3)cc2)s1. The van der Waals surface area contributed by atoms with Crippen LogP contribution in [-0.2, 0) is 9.59 Å². The molecule has 1 aromatic heterocycles. The molecule has 3 aromatic carbocycles. The topological polar surface area (TPSA) is 141 Å². The van der Waals surface area contributed by atoms with Crippen LogP contribution in [-0.4, -0.2) is 35.2 Å². The fraction of sp³-hybridized carbons (Fsp3) is 0.111. The number of thiazole rings is 1. The lowest BCUT2D eigenvalue weighted by Gasteiger charge is -2.26. The summed E-state index contributed by atoms with van der Waals surface area (Å²) in [4.78, 5) is 43.1. The number of primary amides is 1. The van der Waals surface area contributed by atoms with Crippen LogP contribution in [0.15, 0.2) is 72.8 Å². The minimum Gasteiger partial charge on any atom is -0.484 e. The van der Waals surface area contributed by atoms with E-state index in [0.29, 0.717) is 17.1 Å². The van der Waals surface area contributed by atoms with Gasteiger partial charge in [-0.2, -0.15) is 0 Å². The number of halogens is 2. The third-order valence-corrected chi connectivity index (χ3v) is 6.64. The molecule has 0 aliphatic heterocycles. The summed E-state index contributed by atoms with van der Waals surface area (Å²) in [6.45, 7) is 1.26. The van der Waals surface area contributed by atoms with Gasteiger partial charge in [0.2, 0.25) is 11.7 Å². The second-order valence-electron chi connectivity index (χ2n) is 8.33. The number of amides is 2. The second kappa shape index (κ2) is 11.7. The maximum atomic E-state index is 13.5. The summed E-state index contributed by atoms with van der Waals surface area (Å²) >= 11 is 0.967. The first-order chi connectivity index (χ1) is 18.6. The average molecular weight is 552 g/mol. The molecular weight excluding hydrogens is 528 g/mol. The first-order valence-electron chi connectivity index (χ1n) is 11.6. The van der Waals surface area contributed by atoms with Crippen LogP contribution in [0.5, 0.6) is 5.75 Å². The van der Waals surface area contributed by atoms with Crippen LogP contribution in [0.25, 0.3) is 0 Å². The van der Waals surface area contributed by atoms with Crippen molar-refractivity contribution >= 4 is 51.3 Å². The molecule has 0 radical (unpaired) electrons. The molecule has 4 rings (SSSR count). The molecule has 0 saturated heterocycles. The first kappa shape index (κ1) is 27.2. The summed E-state index contributed by atoms with van der Waals surface area (Å²) in [6.07, 6.45) is 0. The molecule has 1 atom stereocenters. The van der Waals surface area contributed by atoms with Gasteiger partial charge in [-0.3, -0.25) is 14.4 Å². The molecule has 0 fully saturated rings. The molecule has 0 spiro atoms. The predicted molar refractivity (Wildman–Crippen MR) is 144 cm³/mol. The van der Waals surface area contributed by atoms with Crippen molar-refractivity contribution < 1.29 is 27.9 Å². The number of nitrogen functional groups attached to an aromatic ring is 1. The summed E-state index contributed by atoms with van der Waals surface area (Å²) in [5.41, 5.74) is 12.7. The lowest BCUT2D eigenvalue weighted by molar-refractivity contribution is -0.119. The highest BCUT2D eigenvalue weighted by Gasteiger charge is 2.27. The van der Waals surface area contributed by atoms with Crippen LogP contribution in [0, 0.1) is 11.6 Å². The molecule has 0 aliphatic carbocycles. The van der Waals surface area contributed by atoms with E-state index in [-0.39, 0.29) is 28.0 Å². The van der Waals surface area contributed by atoms with Crippen molar-refractivity contribution in [2.75, 3.05) is 22.6 Å². The van der Waals surface area contributed by atoms with Crippen molar-refractivity contribution in [3.05, 3.63) is 94.9 Å². The number of ketones is 1. The Balaban J connectivity index is 1.46. The molecule has 2 amide bonds. The number of rotatable bonds is 10. The Bertz CT molecular complexity index is 1490. The third kappa shape index (κ3) is 6.54. The van der Waals surface area contributed by atoms with Gasteiger partial charge >= 0.3 is 0 Å². The zero-order chi connectivity index (χ0) is 28.1. The Morgan fingerprint density at radius 1 is 0.974 bits per heavy atom. The molecule has 0 saturated carbocycles. The molecule has 0 aliphatic rings. The zero-order valence-electron chi connectivity index (χ0n) is 20.6. The first-order valence-corrected chi connectivity index (χ1v) is 12.4. The standard InChI is InChI=1S/C27H23F2N5O4S/c1-15(26(31)37)34(20-10-6-18(29)7-11-20)27-33-25(30)24(39-27)23(36)16-2-12-21(13-3-16)38-14-22(35)32-19-8-4-17(28)5-9-19/h2-13,15H,14,30H2,1H3,(H2,31,37)(H,32,35)/t15-/m1/s1. The van der Waals surface area contributed by atoms with Crippen molar-refractivity contribution in [1.29, 1.82) is 0 Å².